The van der Waals surface area contributed by atoms with Crippen molar-refractivity contribution >= 4 is 15.9 Å². The first kappa shape index (κ1) is 27.6. The monoisotopic (exact) mass is 537 g/mol. The van der Waals surface area contributed by atoms with E-state index in [-0.39, 0.29) is 28.7 Å². The quantitative estimate of drug-likeness (QED) is 0.496. The van der Waals surface area contributed by atoms with E-state index in [9.17, 15) is 26.4 Å². The smallest absolute Gasteiger partial charge is 0.352 e. The van der Waals surface area contributed by atoms with Crippen molar-refractivity contribution in [2.75, 3.05) is 13.1 Å². The zero-order chi connectivity index (χ0) is 26.8. The average molecular weight is 538 g/mol. The molecule has 2 aromatic carbocycles. The van der Waals surface area contributed by atoms with Gasteiger partial charge in [0, 0.05) is 25.7 Å². The molecule has 2 aliphatic rings. The maximum atomic E-state index is 13.3. The first-order valence-corrected chi connectivity index (χ1v) is 14.2. The summed E-state index contributed by atoms with van der Waals surface area (Å²) in [7, 11) is -3.86. The van der Waals surface area contributed by atoms with Gasteiger partial charge in [-0.05, 0) is 60.8 Å². The van der Waals surface area contributed by atoms with Crippen LogP contribution in [-0.2, 0) is 27.5 Å². The number of hydrogen-bond donors (Lipinski definition) is 2. The Kier molecular flexibility index (Phi) is 8.30. The Morgan fingerprint density at radius 2 is 1.78 bits per heavy atom. The fourth-order valence-electron chi connectivity index (χ4n) is 5.59. The summed E-state index contributed by atoms with van der Waals surface area (Å²) in [6, 6.07) is 12.4. The lowest BCUT2D eigenvalue weighted by atomic mass is 9.97. The van der Waals surface area contributed by atoms with Crippen LogP contribution in [-0.4, -0.2) is 44.4 Å². The molecule has 10 heteroatoms. The molecule has 0 bridgehead atoms. The number of carbonyl (C=O) groups is 1. The van der Waals surface area contributed by atoms with Crippen LogP contribution in [0.5, 0.6) is 0 Å². The van der Waals surface area contributed by atoms with Crippen LogP contribution in [0, 0.1) is 17.8 Å². The van der Waals surface area contributed by atoms with Gasteiger partial charge in [0.1, 0.15) is 6.04 Å². The van der Waals surface area contributed by atoms with Crippen LogP contribution >= 0.6 is 0 Å². The molecule has 2 N–H and O–H groups in total. The number of fused-ring (bicyclic) bond motifs is 1. The zero-order valence-corrected chi connectivity index (χ0v) is 21.9. The predicted octanol–water partition coefficient (Wildman–Crippen LogP) is 4.43. The molecule has 1 aliphatic heterocycles. The summed E-state index contributed by atoms with van der Waals surface area (Å²) in [5.41, 5.74) is -0.0358. The van der Waals surface area contributed by atoms with Crippen molar-refractivity contribution in [1.82, 2.24) is 14.9 Å². The molecule has 6 nitrogen and oxygen atoms in total. The van der Waals surface area contributed by atoms with Gasteiger partial charge in [-0.3, -0.25) is 9.69 Å². The second-order valence-corrected chi connectivity index (χ2v) is 12.3. The number of sulfonamides is 1. The van der Waals surface area contributed by atoms with E-state index in [0.717, 1.165) is 25.5 Å². The minimum atomic E-state index is -4.37. The van der Waals surface area contributed by atoms with Gasteiger partial charge in [-0.15, -0.1) is 0 Å². The molecule has 4 rings (SSSR count). The summed E-state index contributed by atoms with van der Waals surface area (Å²) >= 11 is 0. The lowest BCUT2D eigenvalue weighted by Crippen LogP contribution is -2.51. The molecule has 1 saturated carbocycles. The molecule has 0 radical (unpaired) electrons. The van der Waals surface area contributed by atoms with Gasteiger partial charge in [-0.25, -0.2) is 8.42 Å². The summed E-state index contributed by atoms with van der Waals surface area (Å²) in [5.74, 6) is 0.288. The molecule has 37 heavy (non-hydrogen) atoms. The highest BCUT2D eigenvalue weighted by Crippen LogP contribution is 2.39. The Balaban J connectivity index is 1.39. The Bertz CT molecular complexity index is 1190. The number of nitrogens with zero attached hydrogens (tertiary/aromatic N) is 1. The van der Waals surface area contributed by atoms with Crippen molar-refractivity contribution in [3.05, 3.63) is 65.7 Å². The third kappa shape index (κ3) is 6.91. The van der Waals surface area contributed by atoms with Crippen LogP contribution < -0.4 is 10.0 Å². The molecule has 1 aliphatic carbocycles. The van der Waals surface area contributed by atoms with Crippen LogP contribution in [0.15, 0.2) is 59.5 Å². The zero-order valence-electron chi connectivity index (χ0n) is 21.0. The van der Waals surface area contributed by atoms with Gasteiger partial charge in [0.25, 0.3) is 0 Å². The largest absolute Gasteiger partial charge is 0.416 e. The van der Waals surface area contributed by atoms with Crippen LogP contribution in [0.4, 0.5) is 13.2 Å². The van der Waals surface area contributed by atoms with E-state index in [4.69, 9.17) is 0 Å². The summed E-state index contributed by atoms with van der Waals surface area (Å²) in [6.45, 7) is 5.74. The molecule has 0 spiro atoms. The maximum absolute atomic E-state index is 13.3. The topological polar surface area (TPSA) is 78.5 Å². The van der Waals surface area contributed by atoms with E-state index >= 15 is 0 Å². The van der Waals surface area contributed by atoms with E-state index in [0.29, 0.717) is 31.0 Å². The molecular formula is C27H34F3N3O3S. The number of nitrogens with one attached hydrogen (secondary N) is 2. The molecule has 202 valence electrons. The van der Waals surface area contributed by atoms with E-state index in [1.165, 1.54) is 24.3 Å². The van der Waals surface area contributed by atoms with E-state index in [1.54, 1.807) is 24.3 Å². The average Bonchev–Trinajstić information content (AvgIpc) is 3.39. The molecule has 2 aromatic rings. The van der Waals surface area contributed by atoms with Crippen molar-refractivity contribution in [1.29, 1.82) is 0 Å². The number of likely N-dealkylation sites (tertiary alicyclic amines) is 1. The number of alkyl halides is 3. The van der Waals surface area contributed by atoms with Gasteiger partial charge in [0.15, 0.2) is 0 Å². The maximum Gasteiger partial charge on any atom is 0.416 e. The van der Waals surface area contributed by atoms with Gasteiger partial charge in [-0.2, -0.15) is 17.9 Å². The summed E-state index contributed by atoms with van der Waals surface area (Å²) in [4.78, 5) is 15.5. The van der Waals surface area contributed by atoms with Gasteiger partial charge < -0.3 is 5.32 Å². The SMILES string of the molecule is CC(C)CC(NS(=O)(=O)c1ccccc1)C(=O)NC1CC[C@H]2CN(Cc3cccc(C(F)(F)F)c3)CC12. The lowest BCUT2D eigenvalue weighted by molar-refractivity contribution is -0.137. The number of hydrogen-bond acceptors (Lipinski definition) is 4. The van der Waals surface area contributed by atoms with Gasteiger partial charge >= 0.3 is 6.18 Å². The van der Waals surface area contributed by atoms with Crippen molar-refractivity contribution < 1.29 is 26.4 Å². The van der Waals surface area contributed by atoms with Crippen molar-refractivity contribution in [2.24, 2.45) is 17.8 Å². The van der Waals surface area contributed by atoms with Crippen molar-refractivity contribution in [3.8, 4) is 0 Å². The van der Waals surface area contributed by atoms with Gasteiger partial charge in [0.05, 0.1) is 10.5 Å². The molecule has 2 fully saturated rings. The molecular weight excluding hydrogens is 503 g/mol. The summed E-state index contributed by atoms with van der Waals surface area (Å²) in [5, 5.41) is 3.10. The van der Waals surface area contributed by atoms with Crippen LogP contribution in [0.3, 0.4) is 0 Å². The van der Waals surface area contributed by atoms with Crippen LogP contribution in [0.25, 0.3) is 0 Å². The molecule has 1 amide bonds. The number of rotatable bonds is 9. The highest BCUT2D eigenvalue weighted by Gasteiger charge is 2.44. The molecule has 4 atom stereocenters. The van der Waals surface area contributed by atoms with E-state index in [1.807, 2.05) is 13.8 Å². The minimum Gasteiger partial charge on any atom is -0.352 e. The fraction of sp³-hybridized carbons (Fsp3) is 0.519. The Hall–Kier alpha value is -2.43. The summed E-state index contributed by atoms with van der Waals surface area (Å²) in [6.07, 6.45) is -2.29. The van der Waals surface area contributed by atoms with Crippen molar-refractivity contribution in [2.45, 2.75) is 62.8 Å². The normalized spacial score (nSPS) is 23.2. The number of amides is 1. The fourth-order valence-corrected chi connectivity index (χ4v) is 6.82. The van der Waals surface area contributed by atoms with E-state index in [2.05, 4.69) is 14.9 Å². The van der Waals surface area contributed by atoms with Crippen LogP contribution in [0.1, 0.15) is 44.2 Å². The highest BCUT2D eigenvalue weighted by molar-refractivity contribution is 7.89. The minimum absolute atomic E-state index is 0.0972. The Morgan fingerprint density at radius 1 is 1.05 bits per heavy atom. The molecule has 1 heterocycles. The Labute approximate surface area is 216 Å². The highest BCUT2D eigenvalue weighted by atomic mass is 32.2. The molecule has 1 saturated heterocycles. The molecule has 0 aromatic heterocycles. The van der Waals surface area contributed by atoms with Crippen LogP contribution in [0.2, 0.25) is 0 Å². The second-order valence-electron chi connectivity index (χ2n) is 10.6. The first-order valence-electron chi connectivity index (χ1n) is 12.7. The summed E-state index contributed by atoms with van der Waals surface area (Å²) < 4.78 is 67.6. The third-order valence-electron chi connectivity index (χ3n) is 7.30. The van der Waals surface area contributed by atoms with Gasteiger partial charge in [-0.1, -0.05) is 50.2 Å². The second kappa shape index (κ2) is 11.1. The predicted molar refractivity (Wildman–Crippen MR) is 135 cm³/mol. The van der Waals surface area contributed by atoms with E-state index < -0.39 is 27.8 Å². The Morgan fingerprint density at radius 3 is 2.46 bits per heavy atom. The number of carbonyl (C=O) groups excluding carboxylic acids is 1. The standard InChI is InChI=1S/C27H34F3N3O3S/c1-18(2)13-25(32-37(35,36)22-9-4-3-5-10-22)26(34)31-24-12-11-20-16-33(17-23(20)24)15-19-7-6-8-21(14-19)27(28,29)30/h3-10,14,18,20,23-25,32H,11-13,15-17H2,1-2H3,(H,31,34)/t20-,23?,24?,25?/m0/s1. The third-order valence-corrected chi connectivity index (χ3v) is 8.78. The number of halogens is 3. The van der Waals surface area contributed by atoms with Crippen molar-refractivity contribution in [3.63, 3.8) is 0 Å². The van der Waals surface area contributed by atoms with Gasteiger partial charge in [0.2, 0.25) is 15.9 Å². The first-order chi connectivity index (χ1) is 17.4. The lowest BCUT2D eigenvalue weighted by Gasteiger charge is -2.26. The number of benzene rings is 2. The molecule has 3 unspecified atom stereocenters.